The molecule has 0 unspecified atom stereocenters. The average Bonchev–Trinajstić information content (AvgIpc) is 3.10. The molecule has 24 heavy (non-hydrogen) atoms. The van der Waals surface area contributed by atoms with Crippen molar-refractivity contribution in [2.75, 3.05) is 23.4 Å². The van der Waals surface area contributed by atoms with Gasteiger partial charge in [0, 0.05) is 24.0 Å². The average molecular weight is 342 g/mol. The Morgan fingerprint density at radius 2 is 2.04 bits per heavy atom. The van der Waals surface area contributed by atoms with Gasteiger partial charge in [-0.1, -0.05) is 6.07 Å². The molecule has 0 spiro atoms. The van der Waals surface area contributed by atoms with Gasteiger partial charge in [0.25, 0.3) is 0 Å². The van der Waals surface area contributed by atoms with Crippen LogP contribution in [0.3, 0.4) is 0 Å². The van der Waals surface area contributed by atoms with E-state index in [0.29, 0.717) is 12.4 Å². The van der Waals surface area contributed by atoms with Crippen LogP contribution in [0.15, 0.2) is 24.4 Å². The molecule has 6 heteroatoms. The number of rotatable bonds is 4. The second kappa shape index (κ2) is 6.69. The molecule has 0 bridgehead atoms. The van der Waals surface area contributed by atoms with E-state index in [0.717, 1.165) is 60.8 Å². The summed E-state index contributed by atoms with van der Waals surface area (Å²) in [5.41, 5.74) is 2.51. The second-order valence-electron chi connectivity index (χ2n) is 6.58. The van der Waals surface area contributed by atoms with Crippen molar-refractivity contribution in [1.82, 2.24) is 15.0 Å². The van der Waals surface area contributed by atoms with Crippen LogP contribution in [0.2, 0.25) is 0 Å². The molecule has 1 fully saturated rings. The molecule has 3 heterocycles. The molecule has 0 aromatic carbocycles. The maximum absolute atomic E-state index is 10.7. The summed E-state index contributed by atoms with van der Waals surface area (Å²) >= 11 is 1.92. The number of fused-ring (bicyclic) bond motifs is 1. The summed E-state index contributed by atoms with van der Waals surface area (Å²) in [6.45, 7) is 0.554. The normalized spacial score (nSPS) is 19.0. The summed E-state index contributed by atoms with van der Waals surface area (Å²) in [7, 11) is 0. The predicted molar refractivity (Wildman–Crippen MR) is 97.3 cm³/mol. The van der Waals surface area contributed by atoms with Crippen LogP contribution in [0.4, 0.5) is 5.82 Å². The Balaban J connectivity index is 1.61. The summed E-state index contributed by atoms with van der Waals surface area (Å²) < 4.78 is 0. The molecule has 2 aliphatic rings. The number of pyridine rings is 1. The number of nitrogens with one attached hydrogen (secondary N) is 1. The van der Waals surface area contributed by atoms with Crippen molar-refractivity contribution in [2.24, 2.45) is 0 Å². The number of hydrogen-bond donors (Lipinski definition) is 2. The number of nitrogens with zero attached hydrogens (tertiary/aromatic N) is 3. The lowest BCUT2D eigenvalue weighted by Gasteiger charge is -2.32. The van der Waals surface area contributed by atoms with Gasteiger partial charge in [0.1, 0.15) is 11.5 Å². The highest BCUT2D eigenvalue weighted by Crippen LogP contribution is 2.31. The molecule has 2 N–H and O–H groups in total. The van der Waals surface area contributed by atoms with E-state index in [4.69, 9.17) is 9.97 Å². The van der Waals surface area contributed by atoms with Crippen molar-refractivity contribution in [3.8, 4) is 11.5 Å². The fourth-order valence-electron chi connectivity index (χ4n) is 3.36. The zero-order valence-electron chi connectivity index (χ0n) is 13.7. The number of aryl methyl sites for hydroxylation is 1. The highest BCUT2D eigenvalue weighted by atomic mass is 32.2. The van der Waals surface area contributed by atoms with Gasteiger partial charge in [-0.15, -0.1) is 0 Å². The minimum Gasteiger partial charge on any atom is -0.388 e. The van der Waals surface area contributed by atoms with Crippen molar-refractivity contribution in [3.63, 3.8) is 0 Å². The highest BCUT2D eigenvalue weighted by molar-refractivity contribution is 7.99. The standard InChI is InChI=1S/C18H22N4OS/c23-18(7-10-24-11-8-18)12-20-16-13-4-3-6-14(13)21-17(22-16)15-5-1-2-9-19-15/h1-2,5,9,23H,3-4,6-8,10-12H2,(H,20,21,22). The van der Waals surface area contributed by atoms with Crippen molar-refractivity contribution >= 4 is 17.6 Å². The highest BCUT2D eigenvalue weighted by Gasteiger charge is 2.30. The first-order valence-corrected chi connectivity index (χ1v) is 9.74. The third-order valence-electron chi connectivity index (χ3n) is 4.84. The molecule has 1 aliphatic carbocycles. The number of aromatic nitrogens is 3. The molecule has 0 atom stereocenters. The molecule has 2 aromatic heterocycles. The van der Waals surface area contributed by atoms with Gasteiger partial charge in [-0.2, -0.15) is 11.8 Å². The Morgan fingerprint density at radius 1 is 1.17 bits per heavy atom. The van der Waals surface area contributed by atoms with Crippen molar-refractivity contribution < 1.29 is 5.11 Å². The Bertz CT molecular complexity index is 716. The van der Waals surface area contributed by atoms with Gasteiger partial charge in [-0.05, 0) is 55.7 Å². The Hall–Kier alpha value is -1.66. The van der Waals surface area contributed by atoms with Crippen LogP contribution in [0.1, 0.15) is 30.5 Å². The Labute approximate surface area is 146 Å². The first-order valence-electron chi connectivity index (χ1n) is 8.59. The van der Waals surface area contributed by atoms with Crippen molar-refractivity contribution in [2.45, 2.75) is 37.7 Å². The van der Waals surface area contributed by atoms with Crippen LogP contribution in [0.25, 0.3) is 11.5 Å². The maximum atomic E-state index is 10.7. The summed E-state index contributed by atoms with van der Waals surface area (Å²) in [6.07, 6.45) is 6.56. The quantitative estimate of drug-likeness (QED) is 0.890. The zero-order valence-corrected chi connectivity index (χ0v) is 14.5. The van der Waals surface area contributed by atoms with Gasteiger partial charge in [0.15, 0.2) is 5.82 Å². The molecular weight excluding hydrogens is 320 g/mol. The first kappa shape index (κ1) is 15.8. The molecule has 1 saturated heterocycles. The second-order valence-corrected chi connectivity index (χ2v) is 7.80. The monoisotopic (exact) mass is 342 g/mol. The summed E-state index contributed by atoms with van der Waals surface area (Å²) in [4.78, 5) is 13.8. The molecule has 4 rings (SSSR count). The minimum atomic E-state index is -0.618. The lowest BCUT2D eigenvalue weighted by molar-refractivity contribution is 0.0453. The fourth-order valence-corrected chi connectivity index (χ4v) is 4.62. The van der Waals surface area contributed by atoms with Crippen LogP contribution in [-0.2, 0) is 12.8 Å². The van der Waals surface area contributed by atoms with E-state index < -0.39 is 5.60 Å². The Kier molecular flexibility index (Phi) is 4.41. The molecule has 126 valence electrons. The lowest BCUT2D eigenvalue weighted by atomic mass is 9.97. The van der Waals surface area contributed by atoms with Gasteiger partial charge in [-0.3, -0.25) is 4.98 Å². The van der Waals surface area contributed by atoms with E-state index in [1.807, 2.05) is 30.0 Å². The molecule has 5 nitrogen and oxygen atoms in total. The minimum absolute atomic E-state index is 0.554. The van der Waals surface area contributed by atoms with Crippen LogP contribution in [0.5, 0.6) is 0 Å². The lowest BCUT2D eigenvalue weighted by Crippen LogP contribution is -2.40. The van der Waals surface area contributed by atoms with Crippen LogP contribution < -0.4 is 5.32 Å². The predicted octanol–water partition coefficient (Wildman–Crippen LogP) is 2.70. The molecular formula is C18H22N4OS. The van der Waals surface area contributed by atoms with Crippen LogP contribution in [-0.4, -0.2) is 43.7 Å². The largest absolute Gasteiger partial charge is 0.388 e. The van der Waals surface area contributed by atoms with E-state index >= 15 is 0 Å². The number of anilines is 1. The zero-order chi connectivity index (χ0) is 16.4. The summed E-state index contributed by atoms with van der Waals surface area (Å²) in [6, 6.07) is 5.79. The van der Waals surface area contributed by atoms with Gasteiger partial charge in [0.2, 0.25) is 0 Å². The van der Waals surface area contributed by atoms with E-state index in [-0.39, 0.29) is 0 Å². The van der Waals surface area contributed by atoms with Crippen LogP contribution >= 0.6 is 11.8 Å². The van der Waals surface area contributed by atoms with Gasteiger partial charge < -0.3 is 10.4 Å². The fraction of sp³-hybridized carbons (Fsp3) is 0.500. The molecule has 0 saturated carbocycles. The topological polar surface area (TPSA) is 70.9 Å². The molecule has 1 aliphatic heterocycles. The smallest absolute Gasteiger partial charge is 0.180 e. The van der Waals surface area contributed by atoms with Crippen LogP contribution in [0, 0.1) is 0 Å². The summed E-state index contributed by atoms with van der Waals surface area (Å²) in [5, 5.41) is 14.2. The molecule has 0 amide bonds. The van der Waals surface area contributed by atoms with E-state index in [2.05, 4.69) is 10.3 Å². The third kappa shape index (κ3) is 3.26. The van der Waals surface area contributed by atoms with Crippen molar-refractivity contribution in [1.29, 1.82) is 0 Å². The van der Waals surface area contributed by atoms with Gasteiger partial charge in [-0.25, -0.2) is 9.97 Å². The number of aliphatic hydroxyl groups is 1. The van der Waals surface area contributed by atoms with E-state index in [9.17, 15) is 5.11 Å². The first-order chi connectivity index (χ1) is 11.7. The van der Waals surface area contributed by atoms with Gasteiger partial charge >= 0.3 is 0 Å². The molecule has 2 aromatic rings. The van der Waals surface area contributed by atoms with E-state index in [1.54, 1.807) is 6.20 Å². The maximum Gasteiger partial charge on any atom is 0.180 e. The number of hydrogen-bond acceptors (Lipinski definition) is 6. The van der Waals surface area contributed by atoms with Gasteiger partial charge in [0.05, 0.1) is 5.60 Å². The third-order valence-corrected chi connectivity index (χ3v) is 5.82. The Morgan fingerprint density at radius 3 is 2.83 bits per heavy atom. The summed E-state index contributed by atoms with van der Waals surface area (Å²) in [5.74, 6) is 3.60. The number of thioether (sulfide) groups is 1. The SMILES string of the molecule is OC1(CNc2nc(-c3ccccn3)nc3c2CCC3)CCSCC1. The van der Waals surface area contributed by atoms with E-state index in [1.165, 1.54) is 5.56 Å². The molecule has 0 radical (unpaired) electrons. The van der Waals surface area contributed by atoms with Crippen molar-refractivity contribution in [3.05, 3.63) is 35.7 Å².